The van der Waals surface area contributed by atoms with Gasteiger partial charge in [-0.25, -0.2) is 0 Å². The van der Waals surface area contributed by atoms with E-state index in [0.717, 1.165) is 45.3 Å². The molecule has 0 saturated carbocycles. The van der Waals surface area contributed by atoms with Gasteiger partial charge in [-0.05, 0) is 31.4 Å². The summed E-state index contributed by atoms with van der Waals surface area (Å²) in [5.41, 5.74) is 7.20. The number of carbonyl (C=O) groups excluding carboxylic acids is 1. The molecule has 1 amide bonds. The maximum atomic E-state index is 12.0. The van der Waals surface area contributed by atoms with Crippen LogP contribution in [0.5, 0.6) is 0 Å². The Morgan fingerprint density at radius 2 is 2.19 bits per heavy atom. The first kappa shape index (κ1) is 16.0. The lowest BCUT2D eigenvalue weighted by Crippen LogP contribution is -2.51. The Hall–Kier alpha value is -1.39. The molecule has 116 valence electrons. The van der Waals surface area contributed by atoms with E-state index in [-0.39, 0.29) is 18.0 Å². The number of carbonyl (C=O) groups is 1. The first-order chi connectivity index (χ1) is 10.2. The number of hydrogen-bond donors (Lipinski definition) is 2. The number of nitrogens with two attached hydrogens (primary N) is 1. The van der Waals surface area contributed by atoms with Crippen molar-refractivity contribution in [3.05, 3.63) is 35.9 Å². The summed E-state index contributed by atoms with van der Waals surface area (Å²) in [6, 6.07) is 10.4. The first-order valence-electron chi connectivity index (χ1n) is 8.01. The quantitative estimate of drug-likeness (QED) is 0.841. The predicted molar refractivity (Wildman–Crippen MR) is 85.8 cm³/mol. The zero-order valence-corrected chi connectivity index (χ0v) is 12.9. The molecule has 1 aromatic carbocycles. The molecule has 0 aliphatic carbocycles. The third-order valence-electron chi connectivity index (χ3n) is 4.04. The molecule has 3 N–H and O–H groups in total. The Morgan fingerprint density at radius 3 is 2.90 bits per heavy atom. The van der Waals surface area contributed by atoms with E-state index in [1.54, 1.807) is 0 Å². The molecule has 1 aliphatic heterocycles. The molecule has 0 aromatic heterocycles. The molecule has 0 spiro atoms. The summed E-state index contributed by atoms with van der Waals surface area (Å²) < 4.78 is 0. The SMILES string of the molecule is CCCC(N)C(=O)NC1CCCN(Cc2ccccc2)C1. The van der Waals surface area contributed by atoms with Crippen molar-refractivity contribution in [1.82, 2.24) is 10.2 Å². The van der Waals surface area contributed by atoms with E-state index in [4.69, 9.17) is 5.73 Å². The highest BCUT2D eigenvalue weighted by molar-refractivity contribution is 5.81. The van der Waals surface area contributed by atoms with Crippen LogP contribution in [0.15, 0.2) is 30.3 Å². The zero-order chi connectivity index (χ0) is 15.1. The molecule has 21 heavy (non-hydrogen) atoms. The van der Waals surface area contributed by atoms with Crippen LogP contribution in [0.3, 0.4) is 0 Å². The Kier molecular flexibility index (Phi) is 6.21. The maximum Gasteiger partial charge on any atom is 0.237 e. The molecule has 1 aromatic rings. The van der Waals surface area contributed by atoms with E-state index >= 15 is 0 Å². The van der Waals surface area contributed by atoms with Gasteiger partial charge in [-0.15, -0.1) is 0 Å². The summed E-state index contributed by atoms with van der Waals surface area (Å²) in [6.07, 6.45) is 3.88. The second-order valence-corrected chi connectivity index (χ2v) is 5.96. The highest BCUT2D eigenvalue weighted by Gasteiger charge is 2.23. The lowest BCUT2D eigenvalue weighted by atomic mass is 10.0. The Labute approximate surface area is 127 Å². The fraction of sp³-hybridized carbons (Fsp3) is 0.588. The molecule has 0 radical (unpaired) electrons. The van der Waals surface area contributed by atoms with Crippen LogP contribution in [0.4, 0.5) is 0 Å². The second kappa shape index (κ2) is 8.15. The summed E-state index contributed by atoms with van der Waals surface area (Å²) in [7, 11) is 0. The summed E-state index contributed by atoms with van der Waals surface area (Å²) in [4.78, 5) is 14.4. The molecular weight excluding hydrogens is 262 g/mol. The summed E-state index contributed by atoms with van der Waals surface area (Å²) in [6.45, 7) is 5.02. The van der Waals surface area contributed by atoms with Gasteiger partial charge in [0.15, 0.2) is 0 Å². The minimum absolute atomic E-state index is 0.00316. The first-order valence-corrected chi connectivity index (χ1v) is 8.01. The van der Waals surface area contributed by atoms with Gasteiger partial charge in [-0.1, -0.05) is 43.7 Å². The molecule has 1 saturated heterocycles. The molecule has 2 rings (SSSR count). The monoisotopic (exact) mass is 289 g/mol. The maximum absolute atomic E-state index is 12.0. The molecule has 1 heterocycles. The largest absolute Gasteiger partial charge is 0.351 e. The minimum atomic E-state index is -0.362. The smallest absolute Gasteiger partial charge is 0.237 e. The lowest BCUT2D eigenvalue weighted by Gasteiger charge is -2.33. The van der Waals surface area contributed by atoms with Crippen LogP contribution in [0, 0.1) is 0 Å². The Bertz CT molecular complexity index is 435. The number of hydrogen-bond acceptors (Lipinski definition) is 3. The topological polar surface area (TPSA) is 58.4 Å². The lowest BCUT2D eigenvalue weighted by molar-refractivity contribution is -0.123. The molecule has 2 unspecified atom stereocenters. The van der Waals surface area contributed by atoms with Crippen molar-refractivity contribution in [2.24, 2.45) is 5.73 Å². The summed E-state index contributed by atoms with van der Waals surface area (Å²) in [5.74, 6) is 0.00316. The van der Waals surface area contributed by atoms with Crippen molar-refractivity contribution < 1.29 is 4.79 Å². The summed E-state index contributed by atoms with van der Waals surface area (Å²) >= 11 is 0. The van der Waals surface area contributed by atoms with Gasteiger partial charge in [0.25, 0.3) is 0 Å². The average Bonchev–Trinajstić information content (AvgIpc) is 2.49. The van der Waals surface area contributed by atoms with Crippen molar-refractivity contribution in [2.45, 2.75) is 51.2 Å². The molecule has 4 heteroatoms. The van der Waals surface area contributed by atoms with Crippen LogP contribution in [0.2, 0.25) is 0 Å². The van der Waals surface area contributed by atoms with Crippen LogP contribution >= 0.6 is 0 Å². The van der Waals surface area contributed by atoms with Gasteiger partial charge in [0.1, 0.15) is 0 Å². The van der Waals surface area contributed by atoms with Gasteiger partial charge < -0.3 is 11.1 Å². The number of nitrogens with one attached hydrogen (secondary N) is 1. The predicted octanol–water partition coefficient (Wildman–Crippen LogP) is 1.89. The van der Waals surface area contributed by atoms with Gasteiger partial charge in [0.05, 0.1) is 6.04 Å². The Morgan fingerprint density at radius 1 is 1.43 bits per heavy atom. The van der Waals surface area contributed by atoms with E-state index in [2.05, 4.69) is 41.4 Å². The fourth-order valence-corrected chi connectivity index (χ4v) is 2.91. The molecule has 1 aliphatic rings. The third-order valence-corrected chi connectivity index (χ3v) is 4.04. The van der Waals surface area contributed by atoms with Crippen molar-refractivity contribution in [3.8, 4) is 0 Å². The number of amides is 1. The van der Waals surface area contributed by atoms with Crippen molar-refractivity contribution >= 4 is 5.91 Å². The number of likely N-dealkylation sites (tertiary alicyclic amines) is 1. The third kappa shape index (κ3) is 5.14. The molecule has 1 fully saturated rings. The van der Waals surface area contributed by atoms with Crippen LogP contribution in [0.25, 0.3) is 0 Å². The number of piperidine rings is 1. The molecular formula is C17H27N3O. The summed E-state index contributed by atoms with van der Waals surface area (Å²) in [5, 5.41) is 3.11. The normalized spacial score (nSPS) is 21.0. The molecule has 4 nitrogen and oxygen atoms in total. The van der Waals surface area contributed by atoms with E-state index < -0.39 is 0 Å². The van der Waals surface area contributed by atoms with Crippen molar-refractivity contribution in [1.29, 1.82) is 0 Å². The number of benzene rings is 1. The fourth-order valence-electron chi connectivity index (χ4n) is 2.91. The molecule has 2 atom stereocenters. The van der Waals surface area contributed by atoms with E-state index in [9.17, 15) is 4.79 Å². The van der Waals surface area contributed by atoms with Gasteiger partial charge >= 0.3 is 0 Å². The average molecular weight is 289 g/mol. The number of rotatable bonds is 6. The minimum Gasteiger partial charge on any atom is -0.351 e. The van der Waals surface area contributed by atoms with Crippen LogP contribution in [0.1, 0.15) is 38.2 Å². The van der Waals surface area contributed by atoms with Crippen LogP contribution in [-0.4, -0.2) is 36.0 Å². The second-order valence-electron chi connectivity index (χ2n) is 5.96. The highest BCUT2D eigenvalue weighted by Crippen LogP contribution is 2.14. The van der Waals surface area contributed by atoms with Crippen molar-refractivity contribution in [2.75, 3.05) is 13.1 Å². The number of nitrogens with zero attached hydrogens (tertiary/aromatic N) is 1. The highest BCUT2D eigenvalue weighted by atomic mass is 16.2. The van der Waals surface area contributed by atoms with Crippen molar-refractivity contribution in [3.63, 3.8) is 0 Å². The van der Waals surface area contributed by atoms with Gasteiger partial charge in [0, 0.05) is 19.1 Å². The standard InChI is InChI=1S/C17H27N3O/c1-2-7-16(18)17(21)19-15-10-6-11-20(13-15)12-14-8-4-3-5-9-14/h3-5,8-9,15-16H,2,6-7,10-13,18H2,1H3,(H,19,21). The van der Waals surface area contributed by atoms with Gasteiger partial charge in [-0.2, -0.15) is 0 Å². The van der Waals surface area contributed by atoms with Crippen LogP contribution < -0.4 is 11.1 Å². The van der Waals surface area contributed by atoms with E-state index in [0.29, 0.717) is 0 Å². The van der Waals surface area contributed by atoms with Crippen LogP contribution in [-0.2, 0) is 11.3 Å². The van der Waals surface area contributed by atoms with Gasteiger partial charge in [-0.3, -0.25) is 9.69 Å². The molecule has 0 bridgehead atoms. The van der Waals surface area contributed by atoms with E-state index in [1.807, 2.05) is 6.07 Å². The zero-order valence-electron chi connectivity index (χ0n) is 12.9. The van der Waals surface area contributed by atoms with Gasteiger partial charge in [0.2, 0.25) is 5.91 Å². The Balaban J connectivity index is 1.82. The van der Waals surface area contributed by atoms with E-state index in [1.165, 1.54) is 5.56 Å².